The molecule has 34 heavy (non-hydrogen) atoms. The van der Waals surface area contributed by atoms with Crippen LogP contribution in [0.5, 0.6) is 0 Å². The molecule has 0 saturated carbocycles. The molecule has 0 radical (unpaired) electrons. The van der Waals surface area contributed by atoms with Crippen molar-refractivity contribution in [2.75, 3.05) is 6.61 Å². The van der Waals surface area contributed by atoms with Gasteiger partial charge in [-0.15, -0.1) is 0 Å². The topological polar surface area (TPSA) is 66.4 Å². The lowest BCUT2D eigenvalue weighted by atomic mass is 9.85. The molecule has 1 N–H and O–H groups in total. The van der Waals surface area contributed by atoms with Crippen molar-refractivity contribution in [2.45, 2.75) is 56.6 Å². The molecule has 2 saturated heterocycles. The van der Waals surface area contributed by atoms with Gasteiger partial charge in [0.25, 0.3) is 0 Å². The number of rotatable bonds is 7. The van der Waals surface area contributed by atoms with Gasteiger partial charge in [0.15, 0.2) is 12.6 Å². The molecule has 6 nitrogen and oxygen atoms in total. The van der Waals surface area contributed by atoms with Gasteiger partial charge < -0.3 is 28.8 Å². The molecule has 0 aromatic heterocycles. The number of benzene rings is 3. The summed E-state index contributed by atoms with van der Waals surface area (Å²) >= 11 is 0. The smallest absolute Gasteiger partial charge is 0.187 e. The summed E-state index contributed by atoms with van der Waals surface area (Å²) < 4.78 is 30.9. The van der Waals surface area contributed by atoms with E-state index < -0.39 is 36.5 Å². The molecule has 6 atom stereocenters. The van der Waals surface area contributed by atoms with Gasteiger partial charge in [0.1, 0.15) is 23.9 Å². The second kappa shape index (κ2) is 10.4. The molecule has 2 heterocycles. The maximum Gasteiger partial charge on any atom is 0.187 e. The summed E-state index contributed by atoms with van der Waals surface area (Å²) in [6.07, 6.45) is -3.29. The van der Waals surface area contributed by atoms with Crippen LogP contribution in [0.15, 0.2) is 91.0 Å². The summed E-state index contributed by atoms with van der Waals surface area (Å²) in [7, 11) is 0. The van der Waals surface area contributed by atoms with Crippen molar-refractivity contribution in [2.24, 2.45) is 0 Å². The van der Waals surface area contributed by atoms with E-state index >= 15 is 0 Å². The second-order valence-corrected chi connectivity index (χ2v) is 8.92. The maximum atomic E-state index is 11.8. The minimum Gasteiger partial charge on any atom is -0.384 e. The maximum absolute atomic E-state index is 11.8. The van der Waals surface area contributed by atoms with Gasteiger partial charge in [0, 0.05) is 5.56 Å². The Kier molecular flexibility index (Phi) is 7.06. The molecular formula is C28H30O6. The van der Waals surface area contributed by atoms with E-state index in [2.05, 4.69) is 0 Å². The quantitative estimate of drug-likeness (QED) is 0.562. The van der Waals surface area contributed by atoms with E-state index in [4.69, 9.17) is 23.7 Å². The van der Waals surface area contributed by atoms with E-state index in [9.17, 15) is 5.11 Å². The summed E-state index contributed by atoms with van der Waals surface area (Å²) in [6, 6.07) is 29.4. The van der Waals surface area contributed by atoms with Crippen molar-refractivity contribution in [1.82, 2.24) is 0 Å². The largest absolute Gasteiger partial charge is 0.384 e. The van der Waals surface area contributed by atoms with E-state index in [1.165, 1.54) is 0 Å². The van der Waals surface area contributed by atoms with E-state index in [0.29, 0.717) is 13.2 Å². The van der Waals surface area contributed by atoms with Crippen LogP contribution in [0.2, 0.25) is 0 Å². The predicted octanol–water partition coefficient (Wildman–Crippen LogP) is 4.38. The van der Waals surface area contributed by atoms with Crippen LogP contribution in [0.25, 0.3) is 0 Å². The minimum atomic E-state index is -1.38. The first-order valence-electron chi connectivity index (χ1n) is 11.6. The number of hydrogen-bond acceptors (Lipinski definition) is 6. The van der Waals surface area contributed by atoms with Gasteiger partial charge in [0.05, 0.1) is 19.8 Å². The molecule has 3 aromatic carbocycles. The average molecular weight is 463 g/mol. The molecule has 0 amide bonds. The van der Waals surface area contributed by atoms with Gasteiger partial charge in [-0.05, 0) is 18.1 Å². The van der Waals surface area contributed by atoms with Gasteiger partial charge in [-0.2, -0.15) is 0 Å². The first-order valence-corrected chi connectivity index (χ1v) is 11.6. The van der Waals surface area contributed by atoms with Gasteiger partial charge in [-0.3, -0.25) is 0 Å². The zero-order chi connectivity index (χ0) is 23.4. The SMILES string of the molecule is C[C@]1(O)[C@H](OCc2ccccc2)[C@@H](OCc2ccccc2)O[C@@H]2COC(c3ccccc3)O[C@H]21. The third-order valence-corrected chi connectivity index (χ3v) is 6.33. The highest BCUT2D eigenvalue weighted by Crippen LogP contribution is 2.41. The Morgan fingerprint density at radius 1 is 0.794 bits per heavy atom. The molecule has 0 bridgehead atoms. The van der Waals surface area contributed by atoms with Gasteiger partial charge >= 0.3 is 0 Å². The summed E-state index contributed by atoms with van der Waals surface area (Å²) in [5, 5.41) is 11.8. The fourth-order valence-corrected chi connectivity index (χ4v) is 4.51. The zero-order valence-corrected chi connectivity index (χ0v) is 19.2. The summed E-state index contributed by atoms with van der Waals surface area (Å²) in [5.74, 6) is 0. The van der Waals surface area contributed by atoms with Gasteiger partial charge in [-0.1, -0.05) is 91.0 Å². The number of ether oxygens (including phenoxy) is 5. The van der Waals surface area contributed by atoms with Crippen LogP contribution in [0.4, 0.5) is 0 Å². The molecule has 178 valence electrons. The van der Waals surface area contributed by atoms with Crippen LogP contribution in [0, 0.1) is 0 Å². The molecule has 2 aliphatic rings. The Balaban J connectivity index is 1.36. The van der Waals surface area contributed by atoms with Gasteiger partial charge in [-0.25, -0.2) is 0 Å². The number of aliphatic hydroxyl groups is 1. The highest BCUT2D eigenvalue weighted by Gasteiger charge is 2.57. The van der Waals surface area contributed by atoms with Crippen LogP contribution in [-0.4, -0.2) is 41.9 Å². The van der Waals surface area contributed by atoms with Crippen molar-refractivity contribution < 1.29 is 28.8 Å². The molecule has 2 fully saturated rings. The van der Waals surface area contributed by atoms with Crippen LogP contribution in [0.1, 0.15) is 29.9 Å². The molecular weight excluding hydrogens is 432 g/mol. The third kappa shape index (κ3) is 5.08. The monoisotopic (exact) mass is 462 g/mol. The lowest BCUT2D eigenvalue weighted by Gasteiger charge is -2.52. The number of hydrogen-bond donors (Lipinski definition) is 1. The summed E-state index contributed by atoms with van der Waals surface area (Å²) in [5.41, 5.74) is 1.52. The van der Waals surface area contributed by atoms with Crippen LogP contribution in [-0.2, 0) is 36.9 Å². The fourth-order valence-electron chi connectivity index (χ4n) is 4.51. The van der Waals surface area contributed by atoms with Crippen molar-refractivity contribution in [3.63, 3.8) is 0 Å². The van der Waals surface area contributed by atoms with E-state index in [0.717, 1.165) is 16.7 Å². The first kappa shape index (κ1) is 23.2. The Hall–Kier alpha value is -2.58. The zero-order valence-electron chi connectivity index (χ0n) is 19.2. The Morgan fingerprint density at radius 3 is 1.97 bits per heavy atom. The van der Waals surface area contributed by atoms with Crippen molar-refractivity contribution >= 4 is 0 Å². The molecule has 3 aromatic rings. The highest BCUT2D eigenvalue weighted by atomic mass is 16.8. The molecule has 6 heteroatoms. The van der Waals surface area contributed by atoms with Crippen LogP contribution < -0.4 is 0 Å². The van der Waals surface area contributed by atoms with Crippen molar-refractivity contribution in [3.05, 3.63) is 108 Å². The molecule has 2 aliphatic heterocycles. The van der Waals surface area contributed by atoms with Crippen LogP contribution >= 0.6 is 0 Å². The Bertz CT molecular complexity index is 1030. The average Bonchev–Trinajstić information content (AvgIpc) is 2.88. The van der Waals surface area contributed by atoms with Crippen molar-refractivity contribution in [1.29, 1.82) is 0 Å². The van der Waals surface area contributed by atoms with Gasteiger partial charge in [0.2, 0.25) is 0 Å². The molecule has 0 aliphatic carbocycles. The molecule has 5 rings (SSSR count). The fraction of sp³-hybridized carbons (Fsp3) is 0.357. The predicted molar refractivity (Wildman–Crippen MR) is 126 cm³/mol. The minimum absolute atomic E-state index is 0.275. The number of fused-ring (bicyclic) bond motifs is 1. The standard InChI is InChI=1S/C28H30O6/c1-28(29)24-23(19-32-26(34-24)22-15-9-4-10-16-22)33-27(31-18-21-13-7-3-8-14-21)25(28)30-17-20-11-5-2-6-12-20/h2-16,23-27,29H,17-19H2,1H3/t23-,24-,25-,26?,27+,28-/m1/s1. The van der Waals surface area contributed by atoms with Crippen LogP contribution in [0.3, 0.4) is 0 Å². The third-order valence-electron chi connectivity index (χ3n) is 6.33. The van der Waals surface area contributed by atoms with E-state index in [-0.39, 0.29) is 6.61 Å². The lowest BCUT2D eigenvalue weighted by Crippen LogP contribution is -2.69. The molecule has 1 unspecified atom stereocenters. The Labute approximate surface area is 200 Å². The highest BCUT2D eigenvalue weighted by molar-refractivity contribution is 5.18. The lowest BCUT2D eigenvalue weighted by molar-refractivity contribution is -0.390. The normalized spacial score (nSPS) is 31.1. The second-order valence-electron chi connectivity index (χ2n) is 8.92. The molecule has 0 spiro atoms. The summed E-state index contributed by atoms with van der Waals surface area (Å²) in [6.45, 7) is 2.65. The van der Waals surface area contributed by atoms with E-state index in [1.54, 1.807) is 6.92 Å². The Morgan fingerprint density at radius 2 is 1.35 bits per heavy atom. The van der Waals surface area contributed by atoms with Crippen molar-refractivity contribution in [3.8, 4) is 0 Å². The first-order chi connectivity index (χ1) is 16.6. The van der Waals surface area contributed by atoms with E-state index in [1.807, 2.05) is 91.0 Å². The summed E-state index contributed by atoms with van der Waals surface area (Å²) in [4.78, 5) is 0.